The number of rotatable bonds is 5. The van der Waals surface area contributed by atoms with Gasteiger partial charge in [-0.2, -0.15) is 5.10 Å². The van der Waals surface area contributed by atoms with Crippen LogP contribution in [-0.2, 0) is 7.05 Å². The maximum Gasteiger partial charge on any atom is 0.295 e. The van der Waals surface area contributed by atoms with Gasteiger partial charge < -0.3 is 15.2 Å². The van der Waals surface area contributed by atoms with Gasteiger partial charge >= 0.3 is 0 Å². The highest BCUT2D eigenvalue weighted by atomic mass is 32.1. The molecular formula is C20H21N5O3S. The van der Waals surface area contributed by atoms with Crippen molar-refractivity contribution in [3.8, 4) is 17.2 Å². The van der Waals surface area contributed by atoms with E-state index in [1.165, 1.54) is 19.4 Å². The Morgan fingerprint density at radius 1 is 1.24 bits per heavy atom. The quantitative estimate of drug-likeness (QED) is 0.339. The van der Waals surface area contributed by atoms with Crippen LogP contribution >= 0.6 is 12.2 Å². The molecule has 29 heavy (non-hydrogen) atoms. The summed E-state index contributed by atoms with van der Waals surface area (Å²) in [7, 11) is 3.28. The third-order valence-electron chi connectivity index (χ3n) is 4.38. The number of nitrogens with zero attached hydrogens (tertiary/aromatic N) is 3. The van der Waals surface area contributed by atoms with Crippen molar-refractivity contribution >= 4 is 29.2 Å². The zero-order chi connectivity index (χ0) is 21.0. The van der Waals surface area contributed by atoms with Crippen molar-refractivity contribution in [3.05, 3.63) is 70.1 Å². The smallest absolute Gasteiger partial charge is 0.295 e. The van der Waals surface area contributed by atoms with Crippen molar-refractivity contribution in [2.75, 3.05) is 12.4 Å². The summed E-state index contributed by atoms with van der Waals surface area (Å²) < 4.78 is 8.38. The van der Waals surface area contributed by atoms with E-state index in [1.54, 1.807) is 21.5 Å². The molecule has 1 aromatic heterocycles. The number of hydrogen-bond acceptors (Lipinski definition) is 5. The molecule has 0 bridgehead atoms. The van der Waals surface area contributed by atoms with E-state index in [0.717, 1.165) is 11.4 Å². The van der Waals surface area contributed by atoms with E-state index in [-0.39, 0.29) is 16.4 Å². The number of phenols is 1. The van der Waals surface area contributed by atoms with Crippen molar-refractivity contribution in [1.29, 1.82) is 0 Å². The number of ether oxygens (including phenoxy) is 1. The maximum atomic E-state index is 12.9. The second kappa shape index (κ2) is 8.61. The van der Waals surface area contributed by atoms with Gasteiger partial charge in [0, 0.05) is 7.05 Å². The monoisotopic (exact) mass is 411 g/mol. The molecule has 9 heteroatoms. The predicted molar refractivity (Wildman–Crippen MR) is 117 cm³/mol. The van der Waals surface area contributed by atoms with Crippen LogP contribution in [0.25, 0.3) is 5.69 Å². The summed E-state index contributed by atoms with van der Waals surface area (Å²) >= 11 is 5.25. The molecule has 0 amide bonds. The largest absolute Gasteiger partial charge is 0.504 e. The first-order chi connectivity index (χ1) is 13.9. The summed E-state index contributed by atoms with van der Waals surface area (Å²) in [6.45, 7) is 1.83. The van der Waals surface area contributed by atoms with E-state index in [2.05, 4.69) is 15.8 Å². The van der Waals surface area contributed by atoms with Gasteiger partial charge in [-0.15, -0.1) is 0 Å². The Kier molecular flexibility index (Phi) is 5.99. The van der Waals surface area contributed by atoms with Gasteiger partial charge in [0.1, 0.15) is 5.69 Å². The van der Waals surface area contributed by atoms with Gasteiger partial charge in [0.15, 0.2) is 16.6 Å². The summed E-state index contributed by atoms with van der Waals surface area (Å²) in [6, 6.07) is 14.2. The number of hydrazone groups is 1. The Bertz CT molecular complexity index is 1120. The number of para-hydroxylation sites is 1. The Hall–Kier alpha value is -3.59. The second-order valence-corrected chi connectivity index (χ2v) is 6.60. The third-order valence-corrected chi connectivity index (χ3v) is 4.57. The standard InChI is InChI=1S/C20H21N5O3S/c1-13-18(19(27)25(24(13)2)15-7-5-4-6-8-15)22-20(29)23-21-12-14-9-10-16(26)17(11-14)28-3/h4-12,26H,1-3H3,(H2,22,23,29)/b21-12+. The van der Waals surface area contributed by atoms with Crippen LogP contribution in [-0.4, -0.2) is 32.9 Å². The molecule has 0 saturated carbocycles. The molecule has 150 valence electrons. The van der Waals surface area contributed by atoms with Gasteiger partial charge in [-0.3, -0.25) is 14.9 Å². The molecule has 0 fully saturated rings. The topological polar surface area (TPSA) is 92.8 Å². The van der Waals surface area contributed by atoms with Crippen molar-refractivity contribution in [3.63, 3.8) is 0 Å². The molecule has 3 N–H and O–H groups in total. The molecule has 1 heterocycles. The van der Waals surface area contributed by atoms with Gasteiger partial charge in [-0.25, -0.2) is 4.68 Å². The highest BCUT2D eigenvalue weighted by Gasteiger charge is 2.16. The van der Waals surface area contributed by atoms with Gasteiger partial charge in [0.2, 0.25) is 0 Å². The van der Waals surface area contributed by atoms with Gasteiger partial charge in [0.05, 0.1) is 24.7 Å². The Labute approximate surface area is 173 Å². The predicted octanol–water partition coefficient (Wildman–Crippen LogP) is 2.52. The van der Waals surface area contributed by atoms with E-state index in [9.17, 15) is 9.90 Å². The number of hydrogen-bond donors (Lipinski definition) is 3. The molecule has 0 aliphatic rings. The van der Waals surface area contributed by atoms with Crippen LogP contribution in [0.1, 0.15) is 11.3 Å². The van der Waals surface area contributed by atoms with Gasteiger partial charge in [-0.1, -0.05) is 18.2 Å². The average molecular weight is 411 g/mol. The lowest BCUT2D eigenvalue weighted by molar-refractivity contribution is 0.373. The molecule has 0 aliphatic heterocycles. The van der Waals surface area contributed by atoms with Crippen LogP contribution in [0.5, 0.6) is 11.5 Å². The first kappa shape index (κ1) is 20.2. The number of aromatic nitrogens is 2. The Balaban J connectivity index is 1.74. The summed E-state index contributed by atoms with van der Waals surface area (Å²) in [4.78, 5) is 12.9. The number of phenolic OH excluding ortho intramolecular Hbond substituents is 1. The summed E-state index contributed by atoms with van der Waals surface area (Å²) in [5.74, 6) is 0.389. The summed E-state index contributed by atoms with van der Waals surface area (Å²) in [5.41, 5.74) is 5.04. The minimum atomic E-state index is -0.215. The molecule has 8 nitrogen and oxygen atoms in total. The molecule has 0 aliphatic carbocycles. The van der Waals surface area contributed by atoms with Crippen LogP contribution in [0.3, 0.4) is 0 Å². The van der Waals surface area contributed by atoms with Gasteiger partial charge in [-0.05, 0) is 55.0 Å². The minimum Gasteiger partial charge on any atom is -0.504 e. The van der Waals surface area contributed by atoms with Crippen LogP contribution in [0, 0.1) is 6.92 Å². The average Bonchev–Trinajstić information content (AvgIpc) is 2.93. The van der Waals surface area contributed by atoms with E-state index in [4.69, 9.17) is 17.0 Å². The molecule has 0 atom stereocenters. The number of methoxy groups -OCH3 is 1. The SMILES string of the molecule is COc1cc(/C=N/NC(=S)Nc2c(C)n(C)n(-c3ccccc3)c2=O)ccc1O. The molecule has 2 aromatic carbocycles. The van der Waals surface area contributed by atoms with Crippen LogP contribution < -0.4 is 21.0 Å². The summed E-state index contributed by atoms with van der Waals surface area (Å²) in [6.07, 6.45) is 1.52. The molecule has 3 rings (SSSR count). The fourth-order valence-corrected chi connectivity index (χ4v) is 2.95. The number of benzene rings is 2. The maximum absolute atomic E-state index is 12.9. The lowest BCUT2D eigenvalue weighted by Gasteiger charge is -2.07. The molecule has 3 aromatic rings. The molecule has 0 saturated heterocycles. The number of aromatic hydroxyl groups is 1. The van der Waals surface area contributed by atoms with Crippen LogP contribution in [0.15, 0.2) is 58.4 Å². The van der Waals surface area contributed by atoms with Crippen LogP contribution in [0.2, 0.25) is 0 Å². The van der Waals surface area contributed by atoms with E-state index < -0.39 is 0 Å². The fraction of sp³-hybridized carbons (Fsp3) is 0.150. The van der Waals surface area contributed by atoms with Crippen LogP contribution in [0.4, 0.5) is 5.69 Å². The Morgan fingerprint density at radius 3 is 2.66 bits per heavy atom. The first-order valence-corrected chi connectivity index (χ1v) is 9.14. The zero-order valence-corrected chi connectivity index (χ0v) is 17.0. The lowest BCUT2D eigenvalue weighted by Crippen LogP contribution is -2.28. The lowest BCUT2D eigenvalue weighted by atomic mass is 10.2. The normalized spacial score (nSPS) is 10.9. The van der Waals surface area contributed by atoms with Crippen molar-refractivity contribution < 1.29 is 9.84 Å². The molecule has 0 unspecified atom stereocenters. The molecular weight excluding hydrogens is 390 g/mol. The fourth-order valence-electron chi connectivity index (χ4n) is 2.79. The first-order valence-electron chi connectivity index (χ1n) is 8.73. The highest BCUT2D eigenvalue weighted by molar-refractivity contribution is 7.80. The van der Waals surface area contributed by atoms with E-state index in [1.807, 2.05) is 44.3 Å². The van der Waals surface area contributed by atoms with Gasteiger partial charge in [0.25, 0.3) is 5.56 Å². The minimum absolute atomic E-state index is 0.0454. The number of nitrogens with one attached hydrogen (secondary N) is 2. The van der Waals surface area contributed by atoms with Crippen molar-refractivity contribution in [2.45, 2.75) is 6.92 Å². The van der Waals surface area contributed by atoms with E-state index in [0.29, 0.717) is 17.0 Å². The molecule has 0 radical (unpaired) electrons. The van der Waals surface area contributed by atoms with Crippen molar-refractivity contribution in [1.82, 2.24) is 14.8 Å². The zero-order valence-electron chi connectivity index (χ0n) is 16.2. The second-order valence-electron chi connectivity index (χ2n) is 6.19. The number of thiocarbonyl (C=S) groups is 1. The number of anilines is 1. The Morgan fingerprint density at radius 2 is 1.97 bits per heavy atom. The highest BCUT2D eigenvalue weighted by Crippen LogP contribution is 2.25. The van der Waals surface area contributed by atoms with Crippen molar-refractivity contribution in [2.24, 2.45) is 12.1 Å². The molecule has 0 spiro atoms. The van der Waals surface area contributed by atoms with E-state index >= 15 is 0 Å². The summed E-state index contributed by atoms with van der Waals surface area (Å²) in [5, 5.41) is 16.8. The third kappa shape index (κ3) is 4.30.